The lowest BCUT2D eigenvalue weighted by Crippen LogP contribution is -2.49. The van der Waals surface area contributed by atoms with Crippen molar-refractivity contribution in [2.75, 3.05) is 11.9 Å². The summed E-state index contributed by atoms with van der Waals surface area (Å²) in [5.41, 5.74) is 4.61. The highest BCUT2D eigenvalue weighted by atomic mass is 32.1. The van der Waals surface area contributed by atoms with Crippen LogP contribution in [0.2, 0.25) is 0 Å². The highest BCUT2D eigenvalue weighted by molar-refractivity contribution is 7.22. The second-order valence-electron chi connectivity index (χ2n) is 8.55. The third-order valence-electron chi connectivity index (χ3n) is 6.03. The van der Waals surface area contributed by atoms with Crippen LogP contribution < -0.4 is 5.32 Å². The second kappa shape index (κ2) is 8.35. The van der Waals surface area contributed by atoms with Crippen molar-refractivity contribution in [3.05, 3.63) is 65.5 Å². The van der Waals surface area contributed by atoms with E-state index in [1.807, 2.05) is 30.0 Å². The predicted octanol–water partition coefficient (Wildman–Crippen LogP) is 4.60. The van der Waals surface area contributed by atoms with Gasteiger partial charge in [-0.05, 0) is 63.4 Å². The summed E-state index contributed by atoms with van der Waals surface area (Å²) in [6.45, 7) is 6.84. The number of aromatic nitrogens is 4. The van der Waals surface area contributed by atoms with E-state index in [0.717, 1.165) is 29.1 Å². The summed E-state index contributed by atoms with van der Waals surface area (Å²) >= 11 is 1.67. The molecule has 7 nitrogen and oxygen atoms in total. The van der Waals surface area contributed by atoms with Gasteiger partial charge in [-0.1, -0.05) is 29.0 Å². The van der Waals surface area contributed by atoms with E-state index in [1.54, 1.807) is 23.7 Å². The maximum absolute atomic E-state index is 13.7. The number of hydrogen-bond acceptors (Lipinski definition) is 6. The van der Waals surface area contributed by atoms with E-state index in [-0.39, 0.29) is 18.0 Å². The van der Waals surface area contributed by atoms with Gasteiger partial charge in [0.1, 0.15) is 0 Å². The normalized spacial score (nSPS) is 18.8. The summed E-state index contributed by atoms with van der Waals surface area (Å²) in [6, 6.07) is 12.5. The molecule has 0 radical (unpaired) electrons. The first-order chi connectivity index (χ1) is 15.5. The number of aryl methyl sites for hydroxylation is 2. The second-order valence-corrected chi connectivity index (χ2v) is 9.59. The monoisotopic (exact) mass is 446 g/mol. The number of fused-ring (bicyclic) bond motifs is 1. The number of carbonyl (C=O) groups excluding carboxylic acids is 1. The minimum Gasteiger partial charge on any atom is -0.357 e. The Kier molecular flexibility index (Phi) is 5.38. The quantitative estimate of drug-likeness (QED) is 0.496. The molecule has 1 aliphatic rings. The maximum Gasteiger partial charge on any atom is 0.256 e. The van der Waals surface area contributed by atoms with Crippen LogP contribution in [0, 0.1) is 13.8 Å². The van der Waals surface area contributed by atoms with Crippen LogP contribution in [0.5, 0.6) is 0 Å². The molecule has 3 heterocycles. The van der Waals surface area contributed by atoms with Gasteiger partial charge in [-0.3, -0.25) is 4.79 Å². The minimum atomic E-state index is 0.0138. The average molecular weight is 447 g/mol. The predicted molar refractivity (Wildman–Crippen MR) is 128 cm³/mol. The molecule has 2 unspecified atom stereocenters. The molecular weight excluding hydrogens is 420 g/mol. The topological polar surface area (TPSA) is 75.9 Å². The SMILES string of the molecule is Cc1ccc(-n2nccn2)c(C(=O)N2CC(Nc3nc4ccc(C)cc4s3)CCC2C)c1. The molecule has 0 spiro atoms. The molecule has 1 saturated heterocycles. The van der Waals surface area contributed by atoms with Gasteiger partial charge in [0.2, 0.25) is 0 Å². The van der Waals surface area contributed by atoms with Gasteiger partial charge in [0.25, 0.3) is 5.91 Å². The molecule has 8 heteroatoms. The molecular formula is C24H26N6OS. The number of piperidine rings is 1. The molecule has 0 bridgehead atoms. The fourth-order valence-corrected chi connectivity index (χ4v) is 5.31. The molecule has 164 valence electrons. The van der Waals surface area contributed by atoms with E-state index in [0.29, 0.717) is 17.8 Å². The Morgan fingerprint density at radius 1 is 1.06 bits per heavy atom. The zero-order valence-electron chi connectivity index (χ0n) is 18.4. The van der Waals surface area contributed by atoms with E-state index in [2.05, 4.69) is 47.6 Å². The maximum atomic E-state index is 13.7. The van der Waals surface area contributed by atoms with Crippen molar-refractivity contribution >= 4 is 32.6 Å². The number of benzene rings is 2. The Bertz CT molecular complexity index is 1260. The van der Waals surface area contributed by atoms with E-state index < -0.39 is 0 Å². The Hall–Kier alpha value is -3.26. The fraction of sp³-hybridized carbons (Fsp3) is 0.333. The van der Waals surface area contributed by atoms with Gasteiger partial charge in [0.15, 0.2) is 5.13 Å². The lowest BCUT2D eigenvalue weighted by molar-refractivity contribution is 0.0621. The standard InChI is InChI=1S/C24H26N6OS/c1-15-5-9-21(30-25-10-11-26-30)19(12-15)23(31)29-14-18(7-6-17(29)3)27-24-28-20-8-4-16(2)13-22(20)32-24/h4-5,8-13,17-18H,6-7,14H2,1-3H3,(H,27,28). The summed E-state index contributed by atoms with van der Waals surface area (Å²) in [6.07, 6.45) is 5.18. The molecule has 2 aromatic heterocycles. The van der Waals surface area contributed by atoms with Gasteiger partial charge in [-0.2, -0.15) is 15.0 Å². The first kappa shape index (κ1) is 20.6. The third-order valence-corrected chi connectivity index (χ3v) is 6.98. The minimum absolute atomic E-state index is 0.0138. The number of hydrogen-bond donors (Lipinski definition) is 1. The highest BCUT2D eigenvalue weighted by Crippen LogP contribution is 2.30. The van der Waals surface area contributed by atoms with Crippen LogP contribution in [0.15, 0.2) is 48.8 Å². The van der Waals surface area contributed by atoms with Crippen LogP contribution in [0.1, 0.15) is 41.3 Å². The summed E-state index contributed by atoms with van der Waals surface area (Å²) in [4.78, 5) is 21.9. The molecule has 1 amide bonds. The first-order valence-electron chi connectivity index (χ1n) is 10.9. The number of nitrogens with one attached hydrogen (secondary N) is 1. The van der Waals surface area contributed by atoms with Crippen LogP contribution in [0.3, 0.4) is 0 Å². The molecule has 1 aliphatic heterocycles. The van der Waals surface area contributed by atoms with Crippen molar-refractivity contribution in [2.45, 2.75) is 45.7 Å². The smallest absolute Gasteiger partial charge is 0.256 e. The Balaban J connectivity index is 1.39. The van der Waals surface area contributed by atoms with Crippen LogP contribution in [0.25, 0.3) is 15.9 Å². The fourth-order valence-electron chi connectivity index (χ4n) is 4.27. The molecule has 0 saturated carbocycles. The number of anilines is 1. The average Bonchev–Trinajstić information content (AvgIpc) is 3.44. The molecule has 2 aromatic carbocycles. The Morgan fingerprint density at radius 2 is 1.81 bits per heavy atom. The zero-order chi connectivity index (χ0) is 22.2. The van der Waals surface area contributed by atoms with E-state index in [1.165, 1.54) is 15.1 Å². The van der Waals surface area contributed by atoms with Crippen molar-refractivity contribution in [3.8, 4) is 5.69 Å². The largest absolute Gasteiger partial charge is 0.357 e. The summed E-state index contributed by atoms with van der Waals surface area (Å²) in [5, 5.41) is 13.0. The van der Waals surface area contributed by atoms with Crippen molar-refractivity contribution < 1.29 is 4.79 Å². The van der Waals surface area contributed by atoms with Crippen molar-refractivity contribution in [2.24, 2.45) is 0 Å². The van der Waals surface area contributed by atoms with Gasteiger partial charge in [0.05, 0.1) is 33.9 Å². The highest BCUT2D eigenvalue weighted by Gasteiger charge is 2.31. The van der Waals surface area contributed by atoms with Crippen LogP contribution >= 0.6 is 11.3 Å². The molecule has 2 atom stereocenters. The number of thiazole rings is 1. The van der Waals surface area contributed by atoms with E-state index in [4.69, 9.17) is 4.98 Å². The molecule has 32 heavy (non-hydrogen) atoms. The summed E-state index contributed by atoms with van der Waals surface area (Å²) in [7, 11) is 0. The molecule has 1 N–H and O–H groups in total. The van der Waals surface area contributed by atoms with Crippen LogP contribution in [0.4, 0.5) is 5.13 Å². The number of nitrogens with zero attached hydrogens (tertiary/aromatic N) is 5. The van der Waals surface area contributed by atoms with E-state index >= 15 is 0 Å². The number of rotatable bonds is 4. The van der Waals surface area contributed by atoms with Gasteiger partial charge >= 0.3 is 0 Å². The number of carbonyl (C=O) groups is 1. The molecule has 5 rings (SSSR count). The van der Waals surface area contributed by atoms with Crippen molar-refractivity contribution in [1.29, 1.82) is 0 Å². The van der Waals surface area contributed by atoms with Gasteiger partial charge in [-0.25, -0.2) is 4.98 Å². The lowest BCUT2D eigenvalue weighted by atomic mass is 9.97. The van der Waals surface area contributed by atoms with Crippen LogP contribution in [-0.4, -0.2) is 49.4 Å². The first-order valence-corrected chi connectivity index (χ1v) is 11.7. The molecule has 0 aliphatic carbocycles. The summed E-state index contributed by atoms with van der Waals surface area (Å²) < 4.78 is 1.18. The van der Waals surface area contributed by atoms with Gasteiger partial charge < -0.3 is 10.2 Å². The Morgan fingerprint density at radius 3 is 2.62 bits per heavy atom. The molecule has 1 fully saturated rings. The zero-order valence-corrected chi connectivity index (χ0v) is 19.3. The van der Waals surface area contributed by atoms with E-state index in [9.17, 15) is 4.79 Å². The van der Waals surface area contributed by atoms with Gasteiger partial charge in [-0.15, -0.1) is 0 Å². The lowest BCUT2D eigenvalue weighted by Gasteiger charge is -2.38. The van der Waals surface area contributed by atoms with Crippen molar-refractivity contribution in [3.63, 3.8) is 0 Å². The van der Waals surface area contributed by atoms with Crippen molar-refractivity contribution in [1.82, 2.24) is 24.9 Å². The summed E-state index contributed by atoms with van der Waals surface area (Å²) in [5.74, 6) is 0.0138. The third kappa shape index (κ3) is 3.98. The number of amides is 1. The van der Waals surface area contributed by atoms with Gasteiger partial charge in [0, 0.05) is 18.6 Å². The van der Waals surface area contributed by atoms with Crippen LogP contribution in [-0.2, 0) is 0 Å². The Labute approximate surface area is 191 Å². The number of likely N-dealkylation sites (tertiary alicyclic amines) is 1. The molecule has 4 aromatic rings.